The molecule has 3 heteroatoms. The second-order valence-corrected chi connectivity index (χ2v) is 6.93. The Balaban J connectivity index is 2.35. The van der Waals surface area contributed by atoms with Crippen molar-refractivity contribution in [3.05, 3.63) is 59.2 Å². The minimum Gasteiger partial charge on any atom is -0.508 e. The predicted octanol–water partition coefficient (Wildman–Crippen LogP) is 5.15. The molecule has 2 atom stereocenters. The fourth-order valence-electron chi connectivity index (χ4n) is 3.66. The third kappa shape index (κ3) is 4.76. The second-order valence-electron chi connectivity index (χ2n) is 6.93. The van der Waals surface area contributed by atoms with Crippen LogP contribution in [0.4, 0.5) is 0 Å². The summed E-state index contributed by atoms with van der Waals surface area (Å²) in [5, 5.41) is 10.2. The maximum atomic E-state index is 10.2. The fourth-order valence-corrected chi connectivity index (χ4v) is 3.66. The molecule has 0 fully saturated rings. The van der Waals surface area contributed by atoms with Crippen molar-refractivity contribution in [3.8, 4) is 11.5 Å². The maximum absolute atomic E-state index is 10.2. The van der Waals surface area contributed by atoms with Gasteiger partial charge in [0.15, 0.2) is 0 Å². The Labute approximate surface area is 152 Å². The summed E-state index contributed by atoms with van der Waals surface area (Å²) in [6.45, 7) is 5.24. The first-order valence-corrected chi connectivity index (χ1v) is 9.10. The molecule has 0 heterocycles. The van der Waals surface area contributed by atoms with Gasteiger partial charge in [0.2, 0.25) is 0 Å². The molecule has 0 radical (unpaired) electrons. The molecule has 0 saturated heterocycles. The van der Waals surface area contributed by atoms with E-state index in [1.54, 1.807) is 7.11 Å². The van der Waals surface area contributed by atoms with Gasteiger partial charge >= 0.3 is 0 Å². The molecule has 0 unspecified atom stereocenters. The van der Waals surface area contributed by atoms with Crippen LogP contribution in [0.15, 0.2) is 42.5 Å². The van der Waals surface area contributed by atoms with Gasteiger partial charge in [0.1, 0.15) is 11.5 Å². The van der Waals surface area contributed by atoms with Crippen molar-refractivity contribution >= 4 is 0 Å². The van der Waals surface area contributed by atoms with E-state index in [0.717, 1.165) is 30.7 Å². The molecule has 25 heavy (non-hydrogen) atoms. The standard InChI is InChI=1S/C22H31NO2/c1-6-20(16-8-11-19(25-5)12-9-16)21(7-2)17-10-13-22(24)18(14-17)15-23(3)4/h8-14,20-21,24H,6-7,15H2,1-5H3/t20-,21+/m0/s1. The highest BCUT2D eigenvalue weighted by molar-refractivity contribution is 5.40. The molecule has 1 N–H and O–H groups in total. The summed E-state index contributed by atoms with van der Waals surface area (Å²) in [7, 11) is 5.75. The summed E-state index contributed by atoms with van der Waals surface area (Å²) in [4.78, 5) is 2.08. The average molecular weight is 341 g/mol. The van der Waals surface area contributed by atoms with E-state index in [2.05, 4.69) is 43.0 Å². The van der Waals surface area contributed by atoms with Crippen molar-refractivity contribution in [2.45, 2.75) is 45.1 Å². The van der Waals surface area contributed by atoms with Crippen molar-refractivity contribution in [1.29, 1.82) is 0 Å². The van der Waals surface area contributed by atoms with Gasteiger partial charge in [0.05, 0.1) is 7.11 Å². The minimum absolute atomic E-state index is 0.379. The molecular formula is C22H31NO2. The Hall–Kier alpha value is -2.00. The lowest BCUT2D eigenvalue weighted by Crippen LogP contribution is -2.13. The van der Waals surface area contributed by atoms with E-state index in [4.69, 9.17) is 4.74 Å². The average Bonchev–Trinajstić information content (AvgIpc) is 2.61. The molecule has 0 amide bonds. The Morgan fingerprint density at radius 2 is 1.48 bits per heavy atom. The van der Waals surface area contributed by atoms with Gasteiger partial charge < -0.3 is 14.7 Å². The van der Waals surface area contributed by atoms with Crippen molar-refractivity contribution in [2.24, 2.45) is 0 Å². The zero-order valence-electron chi connectivity index (χ0n) is 16.1. The molecule has 2 aromatic rings. The molecule has 0 bridgehead atoms. The maximum Gasteiger partial charge on any atom is 0.120 e. The lowest BCUT2D eigenvalue weighted by molar-refractivity contribution is 0.385. The molecule has 2 rings (SSSR count). The quantitative estimate of drug-likeness (QED) is 0.721. The molecule has 2 aromatic carbocycles. The van der Waals surface area contributed by atoms with Crippen molar-refractivity contribution < 1.29 is 9.84 Å². The van der Waals surface area contributed by atoms with E-state index in [1.807, 2.05) is 32.3 Å². The molecule has 0 aromatic heterocycles. The molecule has 0 saturated carbocycles. The second kappa shape index (κ2) is 8.91. The third-order valence-corrected chi connectivity index (χ3v) is 4.93. The van der Waals surface area contributed by atoms with Gasteiger partial charge in [0, 0.05) is 12.1 Å². The van der Waals surface area contributed by atoms with Crippen LogP contribution in [0.1, 0.15) is 55.2 Å². The summed E-state index contributed by atoms with van der Waals surface area (Å²) in [5.41, 5.74) is 3.64. The molecule has 3 nitrogen and oxygen atoms in total. The number of ether oxygens (including phenoxy) is 1. The monoisotopic (exact) mass is 341 g/mol. The largest absolute Gasteiger partial charge is 0.508 e. The summed E-state index contributed by atoms with van der Waals surface area (Å²) in [6, 6.07) is 14.5. The van der Waals surface area contributed by atoms with E-state index in [9.17, 15) is 5.11 Å². The van der Waals surface area contributed by atoms with Gasteiger partial charge in [0.25, 0.3) is 0 Å². The Kier molecular flexibility index (Phi) is 6.89. The number of methoxy groups -OCH3 is 1. The van der Waals surface area contributed by atoms with Gasteiger partial charge in [-0.05, 0) is 68.1 Å². The zero-order chi connectivity index (χ0) is 18.4. The van der Waals surface area contributed by atoms with Crippen LogP contribution in [0.3, 0.4) is 0 Å². The molecule has 136 valence electrons. The van der Waals surface area contributed by atoms with E-state index in [-0.39, 0.29) is 0 Å². The summed E-state index contributed by atoms with van der Waals surface area (Å²) < 4.78 is 5.29. The topological polar surface area (TPSA) is 32.7 Å². The van der Waals surface area contributed by atoms with E-state index in [1.165, 1.54) is 11.1 Å². The third-order valence-electron chi connectivity index (χ3n) is 4.93. The van der Waals surface area contributed by atoms with Crippen LogP contribution < -0.4 is 4.74 Å². The SMILES string of the molecule is CC[C@H](c1ccc(O)c(CN(C)C)c1)[C@@H](CC)c1ccc(OC)cc1. The lowest BCUT2D eigenvalue weighted by Gasteiger charge is -2.27. The van der Waals surface area contributed by atoms with Gasteiger partial charge in [-0.3, -0.25) is 0 Å². The van der Waals surface area contributed by atoms with Crippen molar-refractivity contribution in [1.82, 2.24) is 4.90 Å². The first kappa shape index (κ1) is 19.3. The van der Waals surface area contributed by atoms with Crippen molar-refractivity contribution in [3.63, 3.8) is 0 Å². The van der Waals surface area contributed by atoms with E-state index < -0.39 is 0 Å². The van der Waals surface area contributed by atoms with Gasteiger partial charge in [-0.25, -0.2) is 0 Å². The molecular weight excluding hydrogens is 310 g/mol. The van der Waals surface area contributed by atoms with Gasteiger partial charge in [-0.2, -0.15) is 0 Å². The van der Waals surface area contributed by atoms with Gasteiger partial charge in [-0.1, -0.05) is 38.1 Å². The van der Waals surface area contributed by atoms with E-state index >= 15 is 0 Å². The highest BCUT2D eigenvalue weighted by Crippen LogP contribution is 2.39. The Bertz CT molecular complexity index is 664. The number of hydrogen-bond acceptors (Lipinski definition) is 3. The number of phenols is 1. The van der Waals surface area contributed by atoms with Crippen LogP contribution in [0, 0.1) is 0 Å². The number of phenolic OH excluding ortho intramolecular Hbond substituents is 1. The van der Waals surface area contributed by atoms with Crippen LogP contribution in [0.2, 0.25) is 0 Å². The smallest absolute Gasteiger partial charge is 0.120 e. The first-order valence-electron chi connectivity index (χ1n) is 9.10. The first-order chi connectivity index (χ1) is 12.0. The normalized spacial score (nSPS) is 13.7. The number of nitrogens with zero attached hydrogens (tertiary/aromatic N) is 1. The minimum atomic E-state index is 0.379. The van der Waals surface area contributed by atoms with Crippen LogP contribution in [-0.4, -0.2) is 31.2 Å². The van der Waals surface area contributed by atoms with Crippen LogP contribution in [0.5, 0.6) is 11.5 Å². The van der Waals surface area contributed by atoms with Crippen molar-refractivity contribution in [2.75, 3.05) is 21.2 Å². The van der Waals surface area contributed by atoms with Crippen LogP contribution >= 0.6 is 0 Å². The molecule has 0 aliphatic carbocycles. The van der Waals surface area contributed by atoms with Crippen LogP contribution in [-0.2, 0) is 6.54 Å². The molecule has 0 aliphatic rings. The van der Waals surface area contributed by atoms with Crippen LogP contribution in [0.25, 0.3) is 0 Å². The summed E-state index contributed by atoms with van der Waals surface area (Å²) >= 11 is 0. The predicted molar refractivity (Wildman–Crippen MR) is 105 cm³/mol. The van der Waals surface area contributed by atoms with E-state index in [0.29, 0.717) is 17.6 Å². The number of hydrogen-bond donors (Lipinski definition) is 1. The zero-order valence-corrected chi connectivity index (χ0v) is 16.1. The lowest BCUT2D eigenvalue weighted by atomic mass is 9.78. The fraction of sp³-hybridized carbons (Fsp3) is 0.455. The number of aromatic hydroxyl groups is 1. The van der Waals surface area contributed by atoms with Gasteiger partial charge in [-0.15, -0.1) is 0 Å². The highest BCUT2D eigenvalue weighted by Gasteiger charge is 2.23. The molecule has 0 spiro atoms. The number of rotatable bonds is 8. The summed E-state index contributed by atoms with van der Waals surface area (Å²) in [6.07, 6.45) is 2.14. The Morgan fingerprint density at radius 3 is 2.00 bits per heavy atom. The Morgan fingerprint density at radius 1 is 0.920 bits per heavy atom. The highest BCUT2D eigenvalue weighted by atomic mass is 16.5. The summed E-state index contributed by atoms with van der Waals surface area (Å²) in [5.74, 6) is 2.15. The number of benzene rings is 2. The molecule has 0 aliphatic heterocycles.